The Morgan fingerprint density at radius 3 is 1.95 bits per heavy atom. The van der Waals surface area contributed by atoms with Gasteiger partial charge in [-0.3, -0.25) is 9.80 Å². The zero-order chi connectivity index (χ0) is 15.4. The molecule has 1 aliphatic heterocycles. The van der Waals surface area contributed by atoms with Gasteiger partial charge in [-0.05, 0) is 38.1 Å². The Balaban J connectivity index is 1.71. The molecule has 2 aromatic rings. The number of hydrogen-bond donors (Lipinski definition) is 0. The van der Waals surface area contributed by atoms with Crippen LogP contribution in [-0.2, 0) is 12.1 Å². The van der Waals surface area contributed by atoms with Crippen molar-refractivity contribution in [3.05, 3.63) is 71.8 Å². The molecule has 0 aliphatic carbocycles. The minimum Gasteiger partial charge on any atom is -0.300 e. The van der Waals surface area contributed by atoms with Crippen molar-refractivity contribution in [2.75, 3.05) is 27.2 Å². The van der Waals surface area contributed by atoms with Crippen molar-refractivity contribution < 1.29 is 0 Å². The van der Waals surface area contributed by atoms with Gasteiger partial charge in [0.1, 0.15) is 0 Å². The van der Waals surface area contributed by atoms with Crippen LogP contribution < -0.4 is 0 Å². The Kier molecular flexibility index (Phi) is 4.60. The molecule has 0 atom stereocenters. The van der Waals surface area contributed by atoms with E-state index in [0.717, 1.165) is 19.6 Å². The largest absolute Gasteiger partial charge is 0.300 e. The zero-order valence-corrected chi connectivity index (χ0v) is 13.7. The second kappa shape index (κ2) is 6.64. The highest BCUT2D eigenvalue weighted by Gasteiger charge is 2.37. The summed E-state index contributed by atoms with van der Waals surface area (Å²) in [6.45, 7) is 3.38. The molecular weight excluding hydrogens is 268 g/mol. The molecule has 2 heteroatoms. The maximum absolute atomic E-state index is 2.58. The van der Waals surface area contributed by atoms with E-state index in [4.69, 9.17) is 0 Å². The fraction of sp³-hybridized carbons (Fsp3) is 0.400. The Morgan fingerprint density at radius 1 is 0.864 bits per heavy atom. The molecule has 1 fully saturated rings. The molecule has 0 N–H and O–H groups in total. The van der Waals surface area contributed by atoms with Gasteiger partial charge in [0.05, 0.1) is 0 Å². The van der Waals surface area contributed by atoms with E-state index < -0.39 is 0 Å². The number of likely N-dealkylation sites (tertiary alicyclic amines) is 1. The molecule has 0 aromatic heterocycles. The third-order valence-corrected chi connectivity index (χ3v) is 5.10. The highest BCUT2D eigenvalue weighted by atomic mass is 15.2. The molecule has 0 spiro atoms. The van der Waals surface area contributed by atoms with Gasteiger partial charge < -0.3 is 0 Å². The summed E-state index contributed by atoms with van der Waals surface area (Å²) in [6.07, 6.45) is 2.38. The maximum atomic E-state index is 2.58. The molecule has 0 unspecified atom stereocenters. The standard InChI is InChI=1S/C20H26N2/c1-21(2)20(19-11-7-4-8-12-19)13-15-22(16-14-20)17-18-9-5-3-6-10-18/h3-12H,13-17H2,1-2H3. The van der Waals surface area contributed by atoms with Crippen molar-refractivity contribution in [3.63, 3.8) is 0 Å². The smallest absolute Gasteiger partial charge is 0.0479 e. The summed E-state index contributed by atoms with van der Waals surface area (Å²) in [6, 6.07) is 21.8. The first-order chi connectivity index (χ1) is 10.7. The average molecular weight is 294 g/mol. The molecule has 1 heterocycles. The van der Waals surface area contributed by atoms with E-state index in [2.05, 4.69) is 84.6 Å². The Morgan fingerprint density at radius 2 is 1.41 bits per heavy atom. The Labute approximate surface area is 134 Å². The van der Waals surface area contributed by atoms with E-state index in [-0.39, 0.29) is 5.54 Å². The van der Waals surface area contributed by atoms with Gasteiger partial charge in [-0.15, -0.1) is 0 Å². The highest BCUT2D eigenvalue weighted by molar-refractivity contribution is 5.25. The van der Waals surface area contributed by atoms with Crippen molar-refractivity contribution >= 4 is 0 Å². The lowest BCUT2D eigenvalue weighted by molar-refractivity contribution is 0.0507. The molecule has 2 nitrogen and oxygen atoms in total. The second-order valence-electron chi connectivity index (χ2n) is 6.55. The van der Waals surface area contributed by atoms with E-state index in [1.165, 1.54) is 24.0 Å². The quantitative estimate of drug-likeness (QED) is 0.847. The summed E-state index contributed by atoms with van der Waals surface area (Å²) in [5.41, 5.74) is 3.06. The summed E-state index contributed by atoms with van der Waals surface area (Å²) >= 11 is 0. The van der Waals surface area contributed by atoms with Crippen LogP contribution in [0.3, 0.4) is 0 Å². The number of hydrogen-bond acceptors (Lipinski definition) is 2. The summed E-state index contributed by atoms with van der Waals surface area (Å²) in [5, 5.41) is 0. The first-order valence-electron chi connectivity index (χ1n) is 8.20. The Bertz CT molecular complexity index is 569. The van der Waals surface area contributed by atoms with Crippen LogP contribution in [-0.4, -0.2) is 37.0 Å². The van der Waals surface area contributed by atoms with E-state index in [1.807, 2.05) is 0 Å². The van der Waals surface area contributed by atoms with E-state index in [1.54, 1.807) is 0 Å². The molecule has 3 rings (SSSR count). The van der Waals surface area contributed by atoms with E-state index >= 15 is 0 Å². The van der Waals surface area contributed by atoms with Crippen LogP contribution in [0.25, 0.3) is 0 Å². The number of piperidine rings is 1. The molecule has 0 saturated carbocycles. The third-order valence-electron chi connectivity index (χ3n) is 5.10. The fourth-order valence-electron chi connectivity index (χ4n) is 3.67. The monoisotopic (exact) mass is 294 g/mol. The minimum atomic E-state index is 0.189. The van der Waals surface area contributed by atoms with Crippen molar-refractivity contribution in [3.8, 4) is 0 Å². The lowest BCUT2D eigenvalue weighted by Gasteiger charge is -2.46. The van der Waals surface area contributed by atoms with Crippen LogP contribution in [0.4, 0.5) is 0 Å². The van der Waals surface area contributed by atoms with Crippen LogP contribution >= 0.6 is 0 Å². The highest BCUT2D eigenvalue weighted by Crippen LogP contribution is 2.37. The number of rotatable bonds is 4. The summed E-state index contributed by atoms with van der Waals surface area (Å²) in [7, 11) is 4.44. The average Bonchev–Trinajstić information content (AvgIpc) is 2.57. The molecule has 1 saturated heterocycles. The normalized spacial score (nSPS) is 18.5. The lowest BCUT2D eigenvalue weighted by atomic mass is 9.79. The van der Waals surface area contributed by atoms with Gasteiger partial charge in [0.15, 0.2) is 0 Å². The van der Waals surface area contributed by atoms with Gasteiger partial charge in [-0.25, -0.2) is 0 Å². The first kappa shape index (κ1) is 15.3. The molecule has 116 valence electrons. The molecule has 2 aromatic carbocycles. The first-order valence-corrected chi connectivity index (χ1v) is 8.20. The van der Waals surface area contributed by atoms with Crippen LogP contribution in [0.1, 0.15) is 24.0 Å². The fourth-order valence-corrected chi connectivity index (χ4v) is 3.67. The van der Waals surface area contributed by atoms with Crippen molar-refractivity contribution in [2.45, 2.75) is 24.9 Å². The summed E-state index contributed by atoms with van der Waals surface area (Å²) < 4.78 is 0. The van der Waals surface area contributed by atoms with Crippen molar-refractivity contribution in [1.29, 1.82) is 0 Å². The molecule has 0 amide bonds. The van der Waals surface area contributed by atoms with Gasteiger partial charge in [0.25, 0.3) is 0 Å². The second-order valence-corrected chi connectivity index (χ2v) is 6.55. The lowest BCUT2D eigenvalue weighted by Crippen LogP contribution is -2.50. The summed E-state index contributed by atoms with van der Waals surface area (Å²) in [4.78, 5) is 5.00. The molecule has 1 aliphatic rings. The van der Waals surface area contributed by atoms with Gasteiger partial charge in [-0.1, -0.05) is 60.7 Å². The zero-order valence-electron chi connectivity index (χ0n) is 13.7. The predicted molar refractivity (Wildman–Crippen MR) is 92.8 cm³/mol. The van der Waals surface area contributed by atoms with Crippen LogP contribution in [0.5, 0.6) is 0 Å². The number of nitrogens with zero attached hydrogens (tertiary/aromatic N) is 2. The third kappa shape index (κ3) is 3.08. The van der Waals surface area contributed by atoms with Gasteiger partial charge in [0, 0.05) is 25.2 Å². The van der Waals surface area contributed by atoms with Gasteiger partial charge in [0.2, 0.25) is 0 Å². The number of benzene rings is 2. The SMILES string of the molecule is CN(C)C1(c2ccccc2)CCN(Cc2ccccc2)CC1. The summed E-state index contributed by atoms with van der Waals surface area (Å²) in [5.74, 6) is 0. The van der Waals surface area contributed by atoms with Crippen molar-refractivity contribution in [2.24, 2.45) is 0 Å². The van der Waals surface area contributed by atoms with Crippen LogP contribution in [0, 0.1) is 0 Å². The van der Waals surface area contributed by atoms with E-state index in [9.17, 15) is 0 Å². The van der Waals surface area contributed by atoms with Crippen molar-refractivity contribution in [1.82, 2.24) is 9.80 Å². The van der Waals surface area contributed by atoms with Crippen LogP contribution in [0.2, 0.25) is 0 Å². The van der Waals surface area contributed by atoms with Gasteiger partial charge >= 0.3 is 0 Å². The predicted octanol–water partition coefficient (Wildman–Crippen LogP) is 3.74. The minimum absolute atomic E-state index is 0.189. The van der Waals surface area contributed by atoms with Crippen LogP contribution in [0.15, 0.2) is 60.7 Å². The maximum Gasteiger partial charge on any atom is 0.0479 e. The van der Waals surface area contributed by atoms with Gasteiger partial charge in [-0.2, -0.15) is 0 Å². The molecule has 22 heavy (non-hydrogen) atoms. The Hall–Kier alpha value is -1.64. The molecule has 0 bridgehead atoms. The van der Waals surface area contributed by atoms with E-state index in [0.29, 0.717) is 0 Å². The molecule has 0 radical (unpaired) electrons. The topological polar surface area (TPSA) is 6.48 Å². The molecular formula is C20H26N2.